The van der Waals surface area contributed by atoms with Crippen molar-refractivity contribution in [3.63, 3.8) is 0 Å². The maximum atomic E-state index is 12.5. The van der Waals surface area contributed by atoms with Gasteiger partial charge >= 0.3 is 0 Å². The molecule has 0 N–H and O–H groups in total. The molecule has 2 fully saturated rings. The summed E-state index contributed by atoms with van der Waals surface area (Å²) in [6.07, 6.45) is 3.48. The topological polar surface area (TPSA) is 32.8 Å². The summed E-state index contributed by atoms with van der Waals surface area (Å²) in [6.45, 7) is 6.54. The molecule has 2 aliphatic heterocycles. The van der Waals surface area contributed by atoms with Gasteiger partial charge in [0.2, 0.25) is 0 Å². The molecule has 1 atom stereocenters. The van der Waals surface area contributed by atoms with E-state index in [1.807, 2.05) is 10.3 Å². The molecule has 0 spiro atoms. The van der Waals surface area contributed by atoms with Gasteiger partial charge in [-0.15, -0.1) is 11.3 Å². The smallest absolute Gasteiger partial charge is 0.265 e. The van der Waals surface area contributed by atoms with E-state index in [9.17, 15) is 4.79 Å². The Hall–Kier alpha value is -0.620. The summed E-state index contributed by atoms with van der Waals surface area (Å²) in [7, 11) is 0. The summed E-state index contributed by atoms with van der Waals surface area (Å²) in [5, 5.41) is 2.46. The van der Waals surface area contributed by atoms with E-state index in [4.69, 9.17) is 16.3 Å². The van der Waals surface area contributed by atoms with Crippen LogP contribution in [0.1, 0.15) is 28.9 Å². The number of hydrogen-bond acceptors (Lipinski definition) is 4. The number of rotatable bonds is 3. The van der Waals surface area contributed by atoms with E-state index < -0.39 is 0 Å². The second-order valence-electron chi connectivity index (χ2n) is 6.13. The highest BCUT2D eigenvalue weighted by atomic mass is 35.5. The molecule has 4 nitrogen and oxygen atoms in total. The molecular weight excluding hydrogens is 320 g/mol. The lowest BCUT2D eigenvalue weighted by Crippen LogP contribution is -2.37. The zero-order valence-electron chi connectivity index (χ0n) is 12.8. The molecule has 1 aromatic rings. The van der Waals surface area contributed by atoms with Crippen molar-refractivity contribution in [1.29, 1.82) is 0 Å². The van der Waals surface area contributed by atoms with Crippen molar-refractivity contribution in [3.05, 3.63) is 21.3 Å². The first-order valence-corrected chi connectivity index (χ1v) is 9.32. The molecule has 1 amide bonds. The van der Waals surface area contributed by atoms with Gasteiger partial charge in [-0.3, -0.25) is 4.79 Å². The molecule has 3 rings (SSSR count). The number of carbonyl (C=O) groups is 1. The standard InChI is InChI=1S/C16H23ClN2O2S/c17-14-4-10-22-15(14)16(20)19-6-2-5-18(7-8-19)11-13-3-1-9-21-12-13/h4,10,13H,1-3,5-9,11-12H2. The Morgan fingerprint density at radius 3 is 2.95 bits per heavy atom. The summed E-state index contributed by atoms with van der Waals surface area (Å²) >= 11 is 7.52. The fraction of sp³-hybridized carbons (Fsp3) is 0.688. The van der Waals surface area contributed by atoms with Crippen molar-refractivity contribution in [2.75, 3.05) is 45.9 Å². The van der Waals surface area contributed by atoms with Crippen LogP contribution in [0.3, 0.4) is 0 Å². The van der Waals surface area contributed by atoms with Gasteiger partial charge in [-0.05, 0) is 43.2 Å². The van der Waals surface area contributed by atoms with Crippen molar-refractivity contribution in [2.45, 2.75) is 19.3 Å². The average Bonchev–Trinajstić information content (AvgIpc) is 2.82. The second-order valence-corrected chi connectivity index (χ2v) is 7.45. The lowest BCUT2D eigenvalue weighted by molar-refractivity contribution is 0.0389. The molecule has 22 heavy (non-hydrogen) atoms. The summed E-state index contributed by atoms with van der Waals surface area (Å²) in [4.78, 5) is 17.7. The lowest BCUT2D eigenvalue weighted by atomic mass is 10.0. The van der Waals surface area contributed by atoms with Crippen molar-refractivity contribution in [2.24, 2.45) is 5.92 Å². The number of thiophene rings is 1. The van der Waals surface area contributed by atoms with Crippen LogP contribution < -0.4 is 0 Å². The van der Waals surface area contributed by atoms with Crippen molar-refractivity contribution >= 4 is 28.8 Å². The van der Waals surface area contributed by atoms with Crippen LogP contribution in [0.4, 0.5) is 0 Å². The van der Waals surface area contributed by atoms with Crippen LogP contribution in [0.25, 0.3) is 0 Å². The third-order valence-corrected chi connectivity index (χ3v) is 5.79. The van der Waals surface area contributed by atoms with Crippen LogP contribution in [0.15, 0.2) is 11.4 Å². The number of hydrogen-bond donors (Lipinski definition) is 0. The Kier molecular flexibility index (Phi) is 5.74. The highest BCUT2D eigenvalue weighted by Gasteiger charge is 2.24. The van der Waals surface area contributed by atoms with Crippen molar-refractivity contribution in [3.8, 4) is 0 Å². The van der Waals surface area contributed by atoms with Gasteiger partial charge in [-0.2, -0.15) is 0 Å². The van der Waals surface area contributed by atoms with Gasteiger partial charge in [0.25, 0.3) is 5.91 Å². The number of nitrogens with zero attached hydrogens (tertiary/aromatic N) is 2. The molecule has 0 bridgehead atoms. The van der Waals surface area contributed by atoms with E-state index in [1.54, 1.807) is 6.07 Å². The minimum atomic E-state index is 0.0860. The fourth-order valence-corrected chi connectivity index (χ4v) is 4.37. The highest BCUT2D eigenvalue weighted by Crippen LogP contribution is 2.24. The zero-order chi connectivity index (χ0) is 15.4. The van der Waals surface area contributed by atoms with Gasteiger partial charge in [0.05, 0.1) is 11.6 Å². The maximum absolute atomic E-state index is 12.5. The molecule has 0 aromatic carbocycles. The Morgan fingerprint density at radius 2 is 2.23 bits per heavy atom. The molecule has 0 radical (unpaired) electrons. The first kappa shape index (κ1) is 16.2. The van der Waals surface area contributed by atoms with E-state index in [2.05, 4.69) is 4.90 Å². The third kappa shape index (κ3) is 4.02. The maximum Gasteiger partial charge on any atom is 0.265 e. The molecule has 3 heterocycles. The monoisotopic (exact) mass is 342 g/mol. The first-order valence-electron chi connectivity index (χ1n) is 8.06. The normalized spacial score (nSPS) is 24.2. The summed E-state index contributed by atoms with van der Waals surface area (Å²) in [5.74, 6) is 0.741. The quantitative estimate of drug-likeness (QED) is 0.846. The molecule has 6 heteroatoms. The van der Waals surface area contributed by atoms with E-state index in [1.165, 1.54) is 24.2 Å². The van der Waals surface area contributed by atoms with Crippen LogP contribution >= 0.6 is 22.9 Å². The van der Waals surface area contributed by atoms with E-state index in [-0.39, 0.29) is 5.91 Å². The minimum Gasteiger partial charge on any atom is -0.381 e. The molecule has 0 saturated carbocycles. The summed E-state index contributed by atoms with van der Waals surface area (Å²) < 4.78 is 5.57. The Bertz CT molecular complexity index is 502. The summed E-state index contributed by atoms with van der Waals surface area (Å²) in [6, 6.07) is 1.80. The number of amides is 1. The van der Waals surface area contributed by atoms with Gasteiger partial charge in [-0.1, -0.05) is 11.6 Å². The molecule has 1 aromatic heterocycles. The van der Waals surface area contributed by atoms with Gasteiger partial charge in [0.15, 0.2) is 0 Å². The Labute approximate surface area is 141 Å². The number of ether oxygens (including phenoxy) is 1. The number of halogens is 1. The van der Waals surface area contributed by atoms with E-state index in [0.29, 0.717) is 15.8 Å². The van der Waals surface area contributed by atoms with Crippen LogP contribution in [0.2, 0.25) is 5.02 Å². The van der Waals surface area contributed by atoms with Crippen LogP contribution in [-0.2, 0) is 4.74 Å². The average molecular weight is 343 g/mol. The van der Waals surface area contributed by atoms with Crippen LogP contribution in [-0.4, -0.2) is 61.6 Å². The van der Waals surface area contributed by atoms with E-state index >= 15 is 0 Å². The zero-order valence-corrected chi connectivity index (χ0v) is 14.4. The first-order chi connectivity index (χ1) is 10.7. The third-order valence-electron chi connectivity index (χ3n) is 4.46. The molecule has 122 valence electrons. The molecule has 0 aliphatic carbocycles. The van der Waals surface area contributed by atoms with Gasteiger partial charge < -0.3 is 14.5 Å². The van der Waals surface area contributed by atoms with Gasteiger partial charge in [0.1, 0.15) is 4.88 Å². The largest absolute Gasteiger partial charge is 0.381 e. The van der Waals surface area contributed by atoms with Crippen molar-refractivity contribution < 1.29 is 9.53 Å². The number of carbonyl (C=O) groups excluding carboxylic acids is 1. The fourth-order valence-electron chi connectivity index (χ4n) is 3.26. The summed E-state index contributed by atoms with van der Waals surface area (Å²) in [5.41, 5.74) is 0. The van der Waals surface area contributed by atoms with Crippen molar-refractivity contribution in [1.82, 2.24) is 9.80 Å². The second kappa shape index (κ2) is 7.77. The van der Waals surface area contributed by atoms with Crippen LogP contribution in [0.5, 0.6) is 0 Å². The van der Waals surface area contributed by atoms with Gasteiger partial charge in [0, 0.05) is 32.8 Å². The Morgan fingerprint density at radius 1 is 1.32 bits per heavy atom. The SMILES string of the molecule is O=C(c1sccc1Cl)N1CCCN(CC2CCCOC2)CC1. The molecule has 2 saturated heterocycles. The predicted octanol–water partition coefficient (Wildman–Crippen LogP) is 2.98. The lowest BCUT2D eigenvalue weighted by Gasteiger charge is -2.28. The molecular formula is C16H23ClN2O2S. The van der Waals surface area contributed by atoms with E-state index in [0.717, 1.165) is 52.4 Å². The predicted molar refractivity (Wildman–Crippen MR) is 89.8 cm³/mol. The Balaban J connectivity index is 1.53. The van der Waals surface area contributed by atoms with Gasteiger partial charge in [-0.25, -0.2) is 0 Å². The molecule has 2 aliphatic rings. The minimum absolute atomic E-state index is 0.0860. The molecule has 1 unspecified atom stereocenters. The van der Waals surface area contributed by atoms with Crippen LogP contribution in [0, 0.1) is 5.92 Å². The highest BCUT2D eigenvalue weighted by molar-refractivity contribution is 7.12.